The maximum absolute atomic E-state index is 13.5. The molecule has 0 fully saturated rings. The van der Waals surface area contributed by atoms with Crippen molar-refractivity contribution in [3.8, 4) is 5.75 Å². The second-order valence-electron chi connectivity index (χ2n) is 5.83. The van der Waals surface area contributed by atoms with Gasteiger partial charge in [0.1, 0.15) is 0 Å². The number of nitrogens with one attached hydrogen (secondary N) is 3. The number of carbonyl (C=O) groups excluding carboxylic acids is 2. The number of sulfonamides is 1. The molecule has 2 amide bonds. The Morgan fingerprint density at radius 1 is 1.26 bits per heavy atom. The lowest BCUT2D eigenvalue weighted by molar-refractivity contribution is -0.127. The number of fused-ring (bicyclic) bond motifs is 1. The van der Waals surface area contributed by atoms with Gasteiger partial charge in [-0.15, -0.1) is 4.83 Å². The van der Waals surface area contributed by atoms with Gasteiger partial charge in [-0.25, -0.2) is 12.8 Å². The number of para-hydroxylation sites is 1. The van der Waals surface area contributed by atoms with Crippen molar-refractivity contribution in [3.05, 3.63) is 53.8 Å². The van der Waals surface area contributed by atoms with Crippen LogP contribution in [-0.4, -0.2) is 26.3 Å². The smallest absolute Gasteiger partial charge is 0.275 e. The maximum atomic E-state index is 13.5. The van der Waals surface area contributed by atoms with Crippen molar-refractivity contribution in [1.29, 1.82) is 0 Å². The van der Waals surface area contributed by atoms with Gasteiger partial charge in [0.25, 0.3) is 15.9 Å². The lowest BCUT2D eigenvalue weighted by Crippen LogP contribution is -2.47. The van der Waals surface area contributed by atoms with Crippen LogP contribution < -0.4 is 20.3 Å². The van der Waals surface area contributed by atoms with Gasteiger partial charge in [0.15, 0.2) is 17.7 Å². The number of benzene rings is 2. The molecule has 142 valence electrons. The molecule has 1 aliphatic rings. The number of ether oxygens (including phenoxy) is 1. The fraction of sp³-hybridized carbons (Fsp3) is 0.176. The Labute approximate surface area is 154 Å². The van der Waals surface area contributed by atoms with Gasteiger partial charge in [-0.2, -0.15) is 0 Å². The van der Waals surface area contributed by atoms with Crippen molar-refractivity contribution < 1.29 is 27.1 Å². The largest absolute Gasteiger partial charge is 0.478 e. The second kappa shape index (κ2) is 7.33. The summed E-state index contributed by atoms with van der Waals surface area (Å²) in [7, 11) is -4.06. The Bertz CT molecular complexity index is 1010. The summed E-state index contributed by atoms with van der Waals surface area (Å²) in [5.74, 6) is -1.79. The number of amides is 2. The van der Waals surface area contributed by atoms with E-state index in [1.54, 1.807) is 6.07 Å². The van der Waals surface area contributed by atoms with Crippen LogP contribution in [0.15, 0.2) is 47.4 Å². The number of hydrogen-bond donors (Lipinski definition) is 3. The first kappa shape index (κ1) is 18.8. The SMILES string of the molecule is C[C@H](Oc1ccccc1F)C(=O)NNS(=O)(=O)c1ccc2c(c1)CC(=O)N2. The zero-order valence-electron chi connectivity index (χ0n) is 14.2. The molecular weight excluding hydrogens is 377 g/mol. The lowest BCUT2D eigenvalue weighted by Gasteiger charge is -2.15. The van der Waals surface area contributed by atoms with E-state index in [-0.39, 0.29) is 23.0 Å². The maximum Gasteiger partial charge on any atom is 0.275 e. The van der Waals surface area contributed by atoms with Crippen LogP contribution in [0.3, 0.4) is 0 Å². The van der Waals surface area contributed by atoms with Crippen LogP contribution in [0.5, 0.6) is 5.75 Å². The molecular formula is C17H16FN3O5S. The summed E-state index contributed by atoms with van der Waals surface area (Å²) in [6.07, 6.45) is -1.06. The fourth-order valence-electron chi connectivity index (χ4n) is 2.44. The average Bonchev–Trinajstić information content (AvgIpc) is 3.00. The van der Waals surface area contributed by atoms with Gasteiger partial charge in [-0.3, -0.25) is 15.0 Å². The Morgan fingerprint density at radius 3 is 2.74 bits per heavy atom. The average molecular weight is 393 g/mol. The van der Waals surface area contributed by atoms with Crippen LogP contribution in [0.2, 0.25) is 0 Å². The van der Waals surface area contributed by atoms with Gasteiger partial charge >= 0.3 is 0 Å². The first-order chi connectivity index (χ1) is 12.8. The van der Waals surface area contributed by atoms with Crippen molar-refractivity contribution in [2.75, 3.05) is 5.32 Å². The van der Waals surface area contributed by atoms with Crippen molar-refractivity contribution in [3.63, 3.8) is 0 Å². The van der Waals surface area contributed by atoms with Gasteiger partial charge in [-0.05, 0) is 42.8 Å². The molecule has 0 bridgehead atoms. The minimum Gasteiger partial charge on any atom is -0.478 e. The van der Waals surface area contributed by atoms with Crippen molar-refractivity contribution in [2.45, 2.75) is 24.3 Å². The fourth-order valence-corrected chi connectivity index (χ4v) is 3.33. The predicted molar refractivity (Wildman–Crippen MR) is 93.7 cm³/mol. The van der Waals surface area contributed by atoms with Crippen molar-refractivity contribution in [2.24, 2.45) is 0 Å². The third kappa shape index (κ3) is 4.23. The van der Waals surface area contributed by atoms with E-state index in [9.17, 15) is 22.4 Å². The summed E-state index contributed by atoms with van der Waals surface area (Å²) < 4.78 is 43.4. The van der Waals surface area contributed by atoms with Crippen LogP contribution in [0.25, 0.3) is 0 Å². The third-order valence-corrected chi connectivity index (χ3v) is 5.08. The lowest BCUT2D eigenvalue weighted by atomic mass is 10.2. The highest BCUT2D eigenvalue weighted by Crippen LogP contribution is 2.25. The quantitative estimate of drug-likeness (QED) is 0.636. The van der Waals surface area contributed by atoms with E-state index in [4.69, 9.17) is 4.74 Å². The predicted octanol–water partition coefficient (Wildman–Crippen LogP) is 1.10. The molecule has 27 heavy (non-hydrogen) atoms. The zero-order valence-corrected chi connectivity index (χ0v) is 15.0. The zero-order chi connectivity index (χ0) is 19.6. The summed E-state index contributed by atoms with van der Waals surface area (Å²) in [6, 6.07) is 9.67. The Kier molecular flexibility index (Phi) is 5.10. The van der Waals surface area contributed by atoms with Crippen LogP contribution in [-0.2, 0) is 26.0 Å². The van der Waals surface area contributed by atoms with Gasteiger partial charge < -0.3 is 10.1 Å². The summed E-state index contributed by atoms with van der Waals surface area (Å²) in [4.78, 5) is 25.2. The van der Waals surface area contributed by atoms with Crippen molar-refractivity contribution in [1.82, 2.24) is 10.3 Å². The van der Waals surface area contributed by atoms with E-state index in [1.165, 1.54) is 43.3 Å². The molecule has 0 radical (unpaired) electrons. The Hall–Kier alpha value is -2.98. The Morgan fingerprint density at radius 2 is 2.00 bits per heavy atom. The van der Waals surface area contributed by atoms with E-state index in [1.807, 2.05) is 10.3 Å². The minimum absolute atomic E-state index is 0.0819. The number of halogens is 1. The molecule has 0 aromatic heterocycles. The normalized spacial score (nSPS) is 14.2. The molecule has 0 spiro atoms. The Balaban J connectivity index is 1.63. The topological polar surface area (TPSA) is 114 Å². The molecule has 2 aromatic rings. The van der Waals surface area contributed by atoms with Crippen LogP contribution in [0, 0.1) is 5.82 Å². The summed E-state index contributed by atoms with van der Waals surface area (Å²) in [6.45, 7) is 1.35. The highest BCUT2D eigenvalue weighted by Gasteiger charge is 2.23. The molecule has 0 saturated heterocycles. The molecule has 1 atom stereocenters. The number of rotatable bonds is 6. The van der Waals surface area contributed by atoms with E-state index in [0.717, 1.165) is 0 Å². The molecule has 0 aliphatic carbocycles. The van der Waals surface area contributed by atoms with E-state index in [0.29, 0.717) is 11.3 Å². The molecule has 0 saturated carbocycles. The number of hydrazine groups is 1. The molecule has 10 heteroatoms. The second-order valence-corrected chi connectivity index (χ2v) is 7.51. The van der Waals surface area contributed by atoms with Gasteiger partial charge in [0.2, 0.25) is 5.91 Å². The standard InChI is InChI=1S/C17H16FN3O5S/c1-10(26-15-5-3-2-4-13(15)18)17(23)20-21-27(24,25)12-6-7-14-11(8-12)9-16(22)19-14/h2-8,10,21H,9H2,1H3,(H,19,22)(H,20,23)/t10-/m0/s1. The molecule has 2 aromatic carbocycles. The van der Waals surface area contributed by atoms with Crippen molar-refractivity contribution >= 4 is 27.5 Å². The molecule has 8 nitrogen and oxygen atoms in total. The minimum atomic E-state index is -4.06. The highest BCUT2D eigenvalue weighted by molar-refractivity contribution is 7.89. The summed E-state index contributed by atoms with van der Waals surface area (Å²) in [5.41, 5.74) is 3.13. The monoisotopic (exact) mass is 393 g/mol. The van der Waals surface area contributed by atoms with Gasteiger partial charge in [-0.1, -0.05) is 12.1 Å². The first-order valence-corrected chi connectivity index (χ1v) is 9.40. The van der Waals surface area contributed by atoms with E-state index >= 15 is 0 Å². The first-order valence-electron chi connectivity index (χ1n) is 7.92. The molecule has 1 heterocycles. The number of hydrogen-bond acceptors (Lipinski definition) is 5. The molecule has 3 rings (SSSR count). The highest BCUT2D eigenvalue weighted by atomic mass is 32.2. The molecule has 0 unspecified atom stereocenters. The summed E-state index contributed by atoms with van der Waals surface area (Å²) in [5, 5.41) is 2.60. The molecule has 1 aliphatic heterocycles. The van der Waals surface area contributed by atoms with Crippen LogP contribution in [0.4, 0.5) is 10.1 Å². The number of carbonyl (C=O) groups is 2. The third-order valence-electron chi connectivity index (χ3n) is 3.83. The summed E-state index contributed by atoms with van der Waals surface area (Å²) >= 11 is 0. The van der Waals surface area contributed by atoms with Gasteiger partial charge in [0.05, 0.1) is 11.3 Å². The van der Waals surface area contributed by atoms with Gasteiger partial charge in [0, 0.05) is 5.69 Å². The molecule has 3 N–H and O–H groups in total. The number of anilines is 1. The van der Waals surface area contributed by atoms with E-state index in [2.05, 4.69) is 5.32 Å². The van der Waals surface area contributed by atoms with Crippen LogP contribution in [0.1, 0.15) is 12.5 Å². The van der Waals surface area contributed by atoms with Crippen LogP contribution >= 0.6 is 0 Å². The van der Waals surface area contributed by atoms with E-state index < -0.39 is 27.9 Å².